The van der Waals surface area contributed by atoms with E-state index in [0.29, 0.717) is 0 Å². The minimum absolute atomic E-state index is 0.213. The summed E-state index contributed by atoms with van der Waals surface area (Å²) in [5.74, 6) is -1.13. The number of esters is 2. The fourth-order valence-corrected chi connectivity index (χ4v) is 2.30. The van der Waals surface area contributed by atoms with Gasteiger partial charge in [-0.1, -0.05) is 74.7 Å². The van der Waals surface area contributed by atoms with Gasteiger partial charge in [-0.25, -0.2) is 0 Å². The molecular weight excluding hydrogens is 316 g/mol. The summed E-state index contributed by atoms with van der Waals surface area (Å²) in [5.41, 5.74) is 1.05. The van der Waals surface area contributed by atoms with Crippen molar-refractivity contribution in [3.05, 3.63) is 54.1 Å². The van der Waals surface area contributed by atoms with Gasteiger partial charge < -0.3 is 4.74 Å². The zero-order valence-corrected chi connectivity index (χ0v) is 14.7. The third-order valence-corrected chi connectivity index (χ3v) is 3.66. The van der Waals surface area contributed by atoms with Gasteiger partial charge in [0, 0.05) is 0 Å². The Morgan fingerprint density at radius 2 is 1.88 bits per heavy atom. The summed E-state index contributed by atoms with van der Waals surface area (Å²) >= 11 is 0. The van der Waals surface area contributed by atoms with Crippen LogP contribution in [-0.4, -0.2) is 18.2 Å². The number of rotatable bonds is 8. The maximum absolute atomic E-state index is 11.1. The van der Waals surface area contributed by atoms with Crippen LogP contribution in [0, 0.1) is 5.92 Å². The average Bonchev–Trinajstić information content (AvgIpc) is 2.95. The first-order valence-electron chi connectivity index (χ1n) is 8.75. The number of unbranched alkanes of at least 4 members (excludes halogenated alkanes) is 4. The molecule has 1 heterocycles. The molecule has 0 aliphatic carbocycles. The molecule has 1 saturated heterocycles. The molecule has 25 heavy (non-hydrogen) atoms. The molecule has 2 rings (SSSR count). The predicted molar refractivity (Wildman–Crippen MR) is 98.6 cm³/mol. The smallest absolute Gasteiger partial charge is 0.321 e. The van der Waals surface area contributed by atoms with Crippen LogP contribution in [0.4, 0.5) is 0 Å². The molecule has 0 saturated carbocycles. The van der Waals surface area contributed by atoms with Gasteiger partial charge in [-0.15, -0.1) is 0 Å². The lowest BCUT2D eigenvalue weighted by molar-refractivity contribution is -0.152. The number of cyclic esters (lactones) is 2. The monoisotopic (exact) mass is 342 g/mol. The molecule has 0 aromatic heterocycles. The number of benzene rings is 1. The molecule has 1 fully saturated rings. The van der Waals surface area contributed by atoms with Crippen LogP contribution in [0.1, 0.15) is 51.0 Å². The zero-order chi connectivity index (χ0) is 18.3. The predicted octanol–water partition coefficient (Wildman–Crippen LogP) is 4.50. The Morgan fingerprint density at radius 3 is 2.48 bits per heavy atom. The Hall–Kier alpha value is -2.49. The van der Waals surface area contributed by atoms with E-state index in [1.165, 1.54) is 25.3 Å². The molecule has 0 amide bonds. The van der Waals surface area contributed by atoms with Crippen molar-refractivity contribution in [1.29, 1.82) is 0 Å². The topological polar surface area (TPSA) is 60.4 Å². The van der Waals surface area contributed by atoms with Crippen LogP contribution in [0.15, 0.2) is 48.6 Å². The summed E-state index contributed by atoms with van der Waals surface area (Å²) in [6.45, 7) is 2.18. The van der Waals surface area contributed by atoms with Crippen LogP contribution in [-0.2, 0) is 19.1 Å². The molecule has 1 aliphatic heterocycles. The standard InChI is InChI=1S/C12H18O3.C9H8O/c1-2-3-4-5-6-7-8-10-9-11(13)15-12(10)14;10-8-4-7-9-5-2-1-3-6-9/h7-8,10H,2-6,9H2,1H3;1-8H. The summed E-state index contributed by atoms with van der Waals surface area (Å²) in [7, 11) is 0. The third-order valence-electron chi connectivity index (χ3n) is 3.66. The molecule has 0 spiro atoms. The Labute approximate surface area is 149 Å². The highest BCUT2D eigenvalue weighted by atomic mass is 16.6. The first-order chi connectivity index (χ1) is 12.2. The van der Waals surface area contributed by atoms with Gasteiger partial charge in [0.25, 0.3) is 0 Å². The van der Waals surface area contributed by atoms with E-state index in [1.807, 2.05) is 36.4 Å². The van der Waals surface area contributed by atoms with Crippen LogP contribution in [0.25, 0.3) is 6.08 Å². The lowest BCUT2D eigenvalue weighted by Gasteiger charge is -1.96. The molecule has 1 aliphatic rings. The number of allylic oxidation sites excluding steroid dienone is 2. The lowest BCUT2D eigenvalue weighted by Crippen LogP contribution is -2.03. The van der Waals surface area contributed by atoms with Crippen LogP contribution in [0.2, 0.25) is 0 Å². The first-order valence-corrected chi connectivity index (χ1v) is 8.75. The number of carbonyl (C=O) groups is 3. The van der Waals surface area contributed by atoms with E-state index >= 15 is 0 Å². The number of hydrogen-bond donors (Lipinski definition) is 0. The van der Waals surface area contributed by atoms with Crippen LogP contribution >= 0.6 is 0 Å². The summed E-state index contributed by atoms with van der Waals surface area (Å²) in [6.07, 6.45) is 13.9. The van der Waals surface area contributed by atoms with Gasteiger partial charge in [-0.3, -0.25) is 14.4 Å². The van der Waals surface area contributed by atoms with Crippen LogP contribution < -0.4 is 0 Å². The molecule has 1 atom stereocenters. The summed E-state index contributed by atoms with van der Waals surface area (Å²) in [6, 6.07) is 9.70. The summed E-state index contributed by atoms with van der Waals surface area (Å²) in [4.78, 5) is 31.7. The Bertz CT molecular complexity index is 587. The Balaban J connectivity index is 0.000000271. The maximum atomic E-state index is 11.1. The minimum Gasteiger partial charge on any atom is -0.393 e. The van der Waals surface area contributed by atoms with Crippen LogP contribution in [0.3, 0.4) is 0 Å². The van der Waals surface area contributed by atoms with E-state index in [2.05, 4.69) is 11.7 Å². The molecule has 1 aromatic carbocycles. The number of ether oxygens (including phenoxy) is 1. The second kappa shape index (κ2) is 12.9. The normalized spacial score (nSPS) is 16.8. The molecule has 134 valence electrons. The summed E-state index contributed by atoms with van der Waals surface area (Å²) in [5, 5.41) is 0. The molecule has 1 aromatic rings. The van der Waals surface area contributed by atoms with Crippen molar-refractivity contribution in [3.63, 3.8) is 0 Å². The van der Waals surface area contributed by atoms with Gasteiger partial charge in [0.15, 0.2) is 0 Å². The second-order valence-corrected chi connectivity index (χ2v) is 5.79. The molecule has 0 bridgehead atoms. The maximum Gasteiger partial charge on any atom is 0.321 e. The molecule has 4 nitrogen and oxygen atoms in total. The van der Waals surface area contributed by atoms with Gasteiger partial charge >= 0.3 is 11.9 Å². The number of hydrogen-bond acceptors (Lipinski definition) is 4. The fraction of sp³-hybridized carbons (Fsp3) is 0.381. The zero-order valence-electron chi connectivity index (χ0n) is 14.7. The van der Waals surface area contributed by atoms with Gasteiger partial charge in [-0.2, -0.15) is 0 Å². The second-order valence-electron chi connectivity index (χ2n) is 5.79. The molecule has 4 heteroatoms. The molecule has 0 radical (unpaired) electrons. The quantitative estimate of drug-likeness (QED) is 0.174. The SMILES string of the molecule is CCCCCCC=CC1CC(=O)OC1=O.O=CC=Cc1ccccc1. The van der Waals surface area contributed by atoms with Crippen molar-refractivity contribution in [2.24, 2.45) is 5.92 Å². The average molecular weight is 342 g/mol. The van der Waals surface area contributed by atoms with E-state index in [-0.39, 0.29) is 12.3 Å². The van der Waals surface area contributed by atoms with Gasteiger partial charge in [0.2, 0.25) is 0 Å². The van der Waals surface area contributed by atoms with Crippen molar-refractivity contribution in [3.8, 4) is 0 Å². The van der Waals surface area contributed by atoms with Crippen molar-refractivity contribution in [2.75, 3.05) is 0 Å². The third kappa shape index (κ3) is 9.40. The lowest BCUT2D eigenvalue weighted by atomic mass is 10.1. The van der Waals surface area contributed by atoms with E-state index < -0.39 is 11.9 Å². The summed E-state index contributed by atoms with van der Waals surface area (Å²) < 4.78 is 4.44. The number of carbonyl (C=O) groups excluding carboxylic acids is 3. The van der Waals surface area contributed by atoms with Gasteiger partial charge in [0.05, 0.1) is 12.3 Å². The van der Waals surface area contributed by atoms with E-state index in [1.54, 1.807) is 12.2 Å². The van der Waals surface area contributed by atoms with Gasteiger partial charge in [-0.05, 0) is 24.5 Å². The molecule has 0 N–H and O–H groups in total. The van der Waals surface area contributed by atoms with Crippen molar-refractivity contribution >= 4 is 24.3 Å². The highest BCUT2D eigenvalue weighted by Crippen LogP contribution is 2.17. The highest BCUT2D eigenvalue weighted by molar-refractivity contribution is 5.95. The van der Waals surface area contributed by atoms with E-state index in [0.717, 1.165) is 24.7 Å². The highest BCUT2D eigenvalue weighted by Gasteiger charge is 2.30. The minimum atomic E-state index is -0.402. The Morgan fingerprint density at radius 1 is 1.12 bits per heavy atom. The Kier molecular flexibility index (Phi) is 10.6. The van der Waals surface area contributed by atoms with Crippen LogP contribution in [0.5, 0.6) is 0 Å². The van der Waals surface area contributed by atoms with Crippen molar-refractivity contribution in [1.82, 2.24) is 0 Å². The first kappa shape index (κ1) is 20.6. The molecule has 1 unspecified atom stereocenters. The van der Waals surface area contributed by atoms with Crippen molar-refractivity contribution < 1.29 is 19.1 Å². The van der Waals surface area contributed by atoms with E-state index in [4.69, 9.17) is 0 Å². The largest absolute Gasteiger partial charge is 0.393 e. The van der Waals surface area contributed by atoms with E-state index in [9.17, 15) is 14.4 Å². The molecular formula is C21H26O4. The van der Waals surface area contributed by atoms with Crippen molar-refractivity contribution in [2.45, 2.75) is 45.4 Å². The van der Waals surface area contributed by atoms with Gasteiger partial charge in [0.1, 0.15) is 6.29 Å². The fourth-order valence-electron chi connectivity index (χ4n) is 2.30. The number of aldehydes is 1.